The van der Waals surface area contributed by atoms with E-state index in [1.165, 1.54) is 0 Å². The Balaban J connectivity index is 2.00. The van der Waals surface area contributed by atoms with Gasteiger partial charge in [0.2, 0.25) is 10.0 Å². The summed E-state index contributed by atoms with van der Waals surface area (Å²) in [6, 6.07) is 7.05. The third-order valence-electron chi connectivity index (χ3n) is 2.92. The van der Waals surface area contributed by atoms with Gasteiger partial charge in [-0.1, -0.05) is 26.0 Å². The van der Waals surface area contributed by atoms with E-state index in [1.54, 1.807) is 18.2 Å². The molecule has 1 aliphatic carbocycles. The Morgan fingerprint density at radius 2 is 2.05 bits per heavy atom. The van der Waals surface area contributed by atoms with Gasteiger partial charge in [0.1, 0.15) is 5.75 Å². The average molecular weight is 283 g/mol. The van der Waals surface area contributed by atoms with Crippen LogP contribution in [0.4, 0.5) is 4.79 Å². The van der Waals surface area contributed by atoms with Crippen LogP contribution in [0.15, 0.2) is 24.3 Å². The quantitative estimate of drug-likeness (QED) is 0.921. The van der Waals surface area contributed by atoms with E-state index < -0.39 is 21.4 Å². The molecule has 1 amide bonds. The summed E-state index contributed by atoms with van der Waals surface area (Å²) in [5.41, 5.74) is 1.02. The minimum Gasteiger partial charge on any atom is -0.410 e. The summed E-state index contributed by atoms with van der Waals surface area (Å²) >= 11 is 0. The molecule has 0 unspecified atom stereocenters. The molecule has 19 heavy (non-hydrogen) atoms. The highest BCUT2D eigenvalue weighted by atomic mass is 32.2. The molecule has 5 nitrogen and oxygen atoms in total. The van der Waals surface area contributed by atoms with Gasteiger partial charge in [0.05, 0.1) is 5.25 Å². The molecule has 0 radical (unpaired) electrons. The van der Waals surface area contributed by atoms with E-state index in [9.17, 15) is 13.2 Å². The molecular formula is C13H17NO4S. The molecule has 0 bridgehead atoms. The first-order valence-electron chi connectivity index (χ1n) is 6.22. The van der Waals surface area contributed by atoms with Crippen LogP contribution < -0.4 is 9.46 Å². The van der Waals surface area contributed by atoms with Crippen LogP contribution in [-0.4, -0.2) is 19.8 Å². The van der Waals surface area contributed by atoms with Gasteiger partial charge in [0, 0.05) is 0 Å². The molecule has 104 valence electrons. The van der Waals surface area contributed by atoms with Gasteiger partial charge in [-0.2, -0.15) is 0 Å². The maximum absolute atomic E-state index is 11.6. The van der Waals surface area contributed by atoms with E-state index in [-0.39, 0.29) is 0 Å². The predicted octanol–water partition coefficient (Wildman–Crippen LogP) is 2.39. The largest absolute Gasteiger partial charge is 0.426 e. The van der Waals surface area contributed by atoms with Crippen LogP contribution in [0, 0.1) is 0 Å². The zero-order valence-corrected chi connectivity index (χ0v) is 11.7. The third-order valence-corrected chi connectivity index (χ3v) is 4.72. The van der Waals surface area contributed by atoms with E-state index in [0.717, 1.165) is 5.56 Å². The lowest BCUT2D eigenvalue weighted by atomic mass is 10.0. The second-order valence-electron chi connectivity index (χ2n) is 4.96. The van der Waals surface area contributed by atoms with Crippen LogP contribution >= 0.6 is 0 Å². The van der Waals surface area contributed by atoms with Crippen LogP contribution in [0.1, 0.15) is 38.2 Å². The van der Waals surface area contributed by atoms with E-state index in [2.05, 4.69) is 0 Å². The van der Waals surface area contributed by atoms with Crippen molar-refractivity contribution in [2.45, 2.75) is 37.9 Å². The van der Waals surface area contributed by atoms with Gasteiger partial charge in [-0.3, -0.25) is 0 Å². The van der Waals surface area contributed by atoms with Gasteiger partial charge in [-0.05, 0) is 36.5 Å². The van der Waals surface area contributed by atoms with Gasteiger partial charge in [-0.15, -0.1) is 0 Å². The number of hydrogen-bond donors (Lipinski definition) is 1. The first kappa shape index (κ1) is 13.9. The number of sulfonamides is 1. The molecule has 1 aromatic carbocycles. The van der Waals surface area contributed by atoms with Crippen molar-refractivity contribution in [2.24, 2.45) is 0 Å². The van der Waals surface area contributed by atoms with E-state index >= 15 is 0 Å². The van der Waals surface area contributed by atoms with Crippen molar-refractivity contribution < 1.29 is 17.9 Å². The zero-order chi connectivity index (χ0) is 14.0. The molecule has 0 atom stereocenters. The highest BCUT2D eigenvalue weighted by Crippen LogP contribution is 2.27. The highest BCUT2D eigenvalue weighted by Gasteiger charge is 2.37. The molecule has 0 spiro atoms. The second-order valence-corrected chi connectivity index (χ2v) is 6.92. The fourth-order valence-electron chi connectivity index (χ4n) is 1.64. The van der Waals surface area contributed by atoms with Gasteiger partial charge >= 0.3 is 6.09 Å². The summed E-state index contributed by atoms with van der Waals surface area (Å²) < 4.78 is 30.0. The highest BCUT2D eigenvalue weighted by molar-refractivity contribution is 7.90. The molecule has 0 heterocycles. The van der Waals surface area contributed by atoms with Crippen molar-refractivity contribution in [3.63, 3.8) is 0 Å². The summed E-state index contributed by atoms with van der Waals surface area (Å²) in [4.78, 5) is 11.5. The molecule has 1 aromatic rings. The minimum atomic E-state index is -3.56. The Morgan fingerprint density at radius 3 is 2.63 bits per heavy atom. The zero-order valence-electron chi connectivity index (χ0n) is 10.9. The Bertz CT molecular complexity index is 576. The molecular weight excluding hydrogens is 266 g/mol. The normalized spacial score (nSPS) is 15.3. The number of amides is 1. The van der Waals surface area contributed by atoms with Crippen molar-refractivity contribution in [2.75, 3.05) is 0 Å². The molecule has 0 aliphatic heterocycles. The summed E-state index contributed by atoms with van der Waals surface area (Å²) in [7, 11) is -3.56. The van der Waals surface area contributed by atoms with Crippen molar-refractivity contribution in [3.8, 4) is 5.75 Å². The first-order valence-corrected chi connectivity index (χ1v) is 7.76. The fourth-order valence-corrected chi connectivity index (χ4v) is 2.84. The molecule has 0 aromatic heterocycles. The summed E-state index contributed by atoms with van der Waals surface area (Å²) in [6.45, 7) is 4.05. The number of nitrogens with one attached hydrogen (secondary N) is 1. The second kappa shape index (κ2) is 5.21. The standard InChI is InChI=1S/C13H17NO4S/c1-9(2)10-4-3-5-11(8-10)18-13(15)14-19(16,17)12-6-7-12/h3-5,8-9,12H,6-7H2,1-2H3,(H,14,15). The van der Waals surface area contributed by atoms with Crippen molar-refractivity contribution in [1.29, 1.82) is 0 Å². The summed E-state index contributed by atoms with van der Waals surface area (Å²) in [5, 5.41) is -0.443. The molecule has 2 rings (SSSR count). The predicted molar refractivity (Wildman–Crippen MR) is 71.6 cm³/mol. The van der Waals surface area contributed by atoms with Gasteiger partial charge in [-0.25, -0.2) is 17.9 Å². The number of carbonyl (C=O) groups is 1. The average Bonchev–Trinajstić information content (AvgIpc) is 3.12. The molecule has 6 heteroatoms. The number of benzene rings is 1. The lowest BCUT2D eigenvalue weighted by Crippen LogP contribution is -2.35. The number of hydrogen-bond acceptors (Lipinski definition) is 4. The molecule has 1 saturated carbocycles. The van der Waals surface area contributed by atoms with Crippen LogP contribution in [-0.2, 0) is 10.0 Å². The van der Waals surface area contributed by atoms with Crippen LogP contribution in [0.2, 0.25) is 0 Å². The monoisotopic (exact) mass is 283 g/mol. The molecule has 0 saturated heterocycles. The van der Waals surface area contributed by atoms with Crippen LogP contribution in [0.3, 0.4) is 0 Å². The van der Waals surface area contributed by atoms with Crippen LogP contribution in [0.5, 0.6) is 5.75 Å². The van der Waals surface area contributed by atoms with Crippen molar-refractivity contribution >= 4 is 16.1 Å². The summed E-state index contributed by atoms with van der Waals surface area (Å²) in [5.74, 6) is 0.650. The van der Waals surface area contributed by atoms with Crippen molar-refractivity contribution in [3.05, 3.63) is 29.8 Å². The van der Waals surface area contributed by atoms with Gasteiger partial charge < -0.3 is 4.74 Å². The third kappa shape index (κ3) is 3.70. The Labute approximate surface area is 113 Å². The topological polar surface area (TPSA) is 72.5 Å². The molecule has 1 N–H and O–H groups in total. The molecule has 1 fully saturated rings. The van der Waals surface area contributed by atoms with E-state index in [0.29, 0.717) is 24.5 Å². The van der Waals surface area contributed by atoms with Gasteiger partial charge in [0.25, 0.3) is 0 Å². The minimum absolute atomic E-state index is 0.307. The maximum atomic E-state index is 11.6. The van der Waals surface area contributed by atoms with Gasteiger partial charge in [0.15, 0.2) is 0 Å². The SMILES string of the molecule is CC(C)c1cccc(OC(=O)NS(=O)(=O)C2CC2)c1. The van der Waals surface area contributed by atoms with E-state index in [1.807, 2.05) is 24.6 Å². The fraction of sp³-hybridized carbons (Fsp3) is 0.462. The number of carbonyl (C=O) groups excluding carboxylic acids is 1. The molecule has 1 aliphatic rings. The number of rotatable bonds is 4. The van der Waals surface area contributed by atoms with E-state index in [4.69, 9.17) is 4.74 Å². The van der Waals surface area contributed by atoms with Crippen LogP contribution in [0.25, 0.3) is 0 Å². The Kier molecular flexibility index (Phi) is 3.80. The lowest BCUT2D eigenvalue weighted by Gasteiger charge is -2.09. The first-order chi connectivity index (χ1) is 8.88. The van der Waals surface area contributed by atoms with Crippen molar-refractivity contribution in [1.82, 2.24) is 4.72 Å². The summed E-state index contributed by atoms with van der Waals surface area (Å²) in [6.07, 6.45) is 0.254. The maximum Gasteiger partial charge on any atom is 0.426 e. The Hall–Kier alpha value is -1.56. The smallest absolute Gasteiger partial charge is 0.410 e. The lowest BCUT2D eigenvalue weighted by molar-refractivity contribution is 0.206. The Morgan fingerprint density at radius 1 is 1.37 bits per heavy atom. The number of ether oxygens (including phenoxy) is 1.